The summed E-state index contributed by atoms with van der Waals surface area (Å²) < 4.78 is 45.4. The third-order valence-corrected chi connectivity index (χ3v) is 5.15. The largest absolute Gasteiger partial charge is 0.497 e. The molecule has 0 aliphatic carbocycles. The van der Waals surface area contributed by atoms with Crippen LogP contribution in [0.15, 0.2) is 66.3 Å². The van der Waals surface area contributed by atoms with E-state index in [0.717, 1.165) is 29.5 Å². The van der Waals surface area contributed by atoms with Gasteiger partial charge < -0.3 is 10.1 Å². The third kappa shape index (κ3) is 5.66. The number of halogens is 3. The van der Waals surface area contributed by atoms with Gasteiger partial charge in [-0.05, 0) is 42.5 Å². The first-order valence-corrected chi connectivity index (χ1v) is 10.1. The van der Waals surface area contributed by atoms with Crippen molar-refractivity contribution in [2.45, 2.75) is 17.9 Å². The summed E-state index contributed by atoms with van der Waals surface area (Å²) in [4.78, 5) is 12.3. The minimum absolute atomic E-state index is 0.0475. The minimum Gasteiger partial charge on any atom is -0.497 e. The van der Waals surface area contributed by atoms with E-state index in [1.807, 2.05) is 12.1 Å². The quantitative estimate of drug-likeness (QED) is 0.393. The Bertz CT molecular complexity index is 1070. The van der Waals surface area contributed by atoms with Gasteiger partial charge in [0.2, 0.25) is 5.91 Å². The molecule has 3 aromatic rings. The van der Waals surface area contributed by atoms with Crippen molar-refractivity contribution in [3.8, 4) is 17.1 Å². The van der Waals surface area contributed by atoms with Crippen molar-refractivity contribution in [1.82, 2.24) is 14.8 Å². The second kappa shape index (κ2) is 9.69. The van der Waals surface area contributed by atoms with E-state index in [2.05, 4.69) is 22.1 Å². The number of ether oxygens (including phenoxy) is 1. The number of benzene rings is 2. The molecule has 1 heterocycles. The molecule has 2 aromatic carbocycles. The highest BCUT2D eigenvalue weighted by Crippen LogP contribution is 2.31. The number of aromatic nitrogens is 3. The van der Waals surface area contributed by atoms with Gasteiger partial charge in [-0.1, -0.05) is 23.9 Å². The normalized spacial score (nSPS) is 11.2. The van der Waals surface area contributed by atoms with Crippen molar-refractivity contribution in [3.05, 3.63) is 66.7 Å². The smallest absolute Gasteiger partial charge is 0.416 e. The van der Waals surface area contributed by atoms with E-state index in [1.165, 1.54) is 12.1 Å². The predicted octanol–water partition coefficient (Wildman–Crippen LogP) is 4.89. The lowest BCUT2D eigenvalue weighted by Gasteiger charge is -2.10. The highest BCUT2D eigenvalue weighted by atomic mass is 32.2. The van der Waals surface area contributed by atoms with Gasteiger partial charge in [0, 0.05) is 17.8 Å². The van der Waals surface area contributed by atoms with Crippen LogP contribution < -0.4 is 10.1 Å². The maximum absolute atomic E-state index is 12.8. The lowest BCUT2D eigenvalue weighted by Crippen LogP contribution is -2.15. The molecule has 0 unspecified atom stereocenters. The number of carbonyl (C=O) groups is 1. The zero-order chi connectivity index (χ0) is 22.4. The Morgan fingerprint density at radius 1 is 1.23 bits per heavy atom. The molecule has 0 aliphatic rings. The average molecular weight is 448 g/mol. The van der Waals surface area contributed by atoms with Crippen LogP contribution in [0.4, 0.5) is 18.9 Å². The molecule has 162 valence electrons. The summed E-state index contributed by atoms with van der Waals surface area (Å²) in [6.07, 6.45) is -2.79. The molecule has 0 radical (unpaired) electrons. The van der Waals surface area contributed by atoms with Gasteiger partial charge in [0.25, 0.3) is 0 Å². The number of hydrogen-bond acceptors (Lipinski definition) is 5. The highest BCUT2D eigenvalue weighted by molar-refractivity contribution is 7.99. The second-order valence-corrected chi connectivity index (χ2v) is 7.29. The summed E-state index contributed by atoms with van der Waals surface area (Å²) in [5.74, 6) is 0.805. The molecule has 1 N–H and O–H groups in total. The van der Waals surface area contributed by atoms with Gasteiger partial charge >= 0.3 is 6.18 Å². The zero-order valence-corrected chi connectivity index (χ0v) is 17.3. The number of allylic oxidation sites excluding steroid dienone is 1. The Kier molecular flexibility index (Phi) is 7.01. The van der Waals surface area contributed by atoms with Crippen LogP contribution in [-0.2, 0) is 17.5 Å². The fourth-order valence-electron chi connectivity index (χ4n) is 2.74. The van der Waals surface area contributed by atoms with Crippen molar-refractivity contribution in [3.63, 3.8) is 0 Å². The lowest BCUT2D eigenvalue weighted by atomic mass is 10.2. The van der Waals surface area contributed by atoms with Gasteiger partial charge in [-0.3, -0.25) is 9.36 Å². The van der Waals surface area contributed by atoms with Crippen LogP contribution in [0.3, 0.4) is 0 Å². The van der Waals surface area contributed by atoms with Crippen molar-refractivity contribution in [1.29, 1.82) is 0 Å². The van der Waals surface area contributed by atoms with Gasteiger partial charge in [0.1, 0.15) is 5.75 Å². The Balaban J connectivity index is 1.70. The van der Waals surface area contributed by atoms with Gasteiger partial charge in [-0.2, -0.15) is 13.2 Å². The molecule has 0 saturated carbocycles. The second-order valence-electron chi connectivity index (χ2n) is 6.35. The Morgan fingerprint density at radius 2 is 1.97 bits per heavy atom. The van der Waals surface area contributed by atoms with Crippen LogP contribution in [0.25, 0.3) is 11.4 Å². The predicted molar refractivity (Wildman–Crippen MR) is 113 cm³/mol. The zero-order valence-electron chi connectivity index (χ0n) is 16.5. The number of hydrogen-bond donors (Lipinski definition) is 1. The van der Waals surface area contributed by atoms with Crippen molar-refractivity contribution in [2.75, 3.05) is 18.2 Å². The number of nitrogens with zero attached hydrogens (tertiary/aromatic N) is 3. The van der Waals surface area contributed by atoms with Gasteiger partial charge in [0.15, 0.2) is 11.0 Å². The summed E-state index contributed by atoms with van der Waals surface area (Å²) in [7, 11) is 1.58. The van der Waals surface area contributed by atoms with Crippen LogP contribution in [-0.4, -0.2) is 33.5 Å². The number of anilines is 1. The first-order valence-electron chi connectivity index (χ1n) is 9.10. The minimum atomic E-state index is -4.48. The maximum Gasteiger partial charge on any atom is 0.416 e. The average Bonchev–Trinajstić information content (AvgIpc) is 3.15. The fraction of sp³-hybridized carbons (Fsp3) is 0.190. The first-order chi connectivity index (χ1) is 14.8. The molecule has 3 rings (SSSR count). The van der Waals surface area contributed by atoms with E-state index in [4.69, 9.17) is 4.74 Å². The number of carbonyl (C=O) groups excluding carboxylic acids is 1. The van der Waals surface area contributed by atoms with Crippen LogP contribution in [0.2, 0.25) is 0 Å². The van der Waals surface area contributed by atoms with Crippen molar-refractivity contribution in [2.24, 2.45) is 0 Å². The molecule has 0 atom stereocenters. The standard InChI is InChI=1S/C21H19F3N4O2S/c1-3-11-28-19(14-7-9-17(30-2)10-8-14)26-27-20(28)31-13-18(29)25-16-6-4-5-15(12-16)21(22,23)24/h3-10,12H,1,11,13H2,2H3,(H,25,29). The molecular weight excluding hydrogens is 429 g/mol. The third-order valence-electron chi connectivity index (χ3n) is 4.18. The van der Waals surface area contributed by atoms with Crippen LogP contribution in [0.1, 0.15) is 5.56 Å². The monoisotopic (exact) mass is 448 g/mol. The van der Waals surface area contributed by atoms with Gasteiger partial charge in [-0.15, -0.1) is 16.8 Å². The van der Waals surface area contributed by atoms with Crippen LogP contribution >= 0.6 is 11.8 Å². The van der Waals surface area contributed by atoms with E-state index in [0.29, 0.717) is 23.3 Å². The van der Waals surface area contributed by atoms with E-state index in [-0.39, 0.29) is 11.4 Å². The summed E-state index contributed by atoms with van der Waals surface area (Å²) >= 11 is 1.13. The van der Waals surface area contributed by atoms with E-state index in [1.54, 1.807) is 29.9 Å². The molecule has 1 aromatic heterocycles. The summed E-state index contributed by atoms with van der Waals surface area (Å²) in [5.41, 5.74) is 0.0649. The SMILES string of the molecule is C=CCn1c(SCC(=O)Nc2cccc(C(F)(F)F)c2)nnc1-c1ccc(OC)cc1. The summed E-state index contributed by atoms with van der Waals surface area (Å²) in [6, 6.07) is 11.8. The summed E-state index contributed by atoms with van der Waals surface area (Å²) in [6.45, 7) is 4.16. The lowest BCUT2D eigenvalue weighted by molar-refractivity contribution is -0.137. The van der Waals surface area contributed by atoms with E-state index in [9.17, 15) is 18.0 Å². The molecule has 0 aliphatic heterocycles. The number of nitrogens with one attached hydrogen (secondary N) is 1. The van der Waals surface area contributed by atoms with E-state index >= 15 is 0 Å². The Labute approximate surface area is 181 Å². The Morgan fingerprint density at radius 3 is 2.61 bits per heavy atom. The summed E-state index contributed by atoms with van der Waals surface area (Å²) in [5, 5.41) is 11.3. The molecule has 0 fully saturated rings. The van der Waals surface area contributed by atoms with Crippen LogP contribution in [0, 0.1) is 0 Å². The molecule has 31 heavy (non-hydrogen) atoms. The Hall–Kier alpha value is -3.27. The molecule has 6 nitrogen and oxygen atoms in total. The number of amides is 1. The molecule has 10 heteroatoms. The molecule has 1 amide bonds. The number of thioether (sulfide) groups is 1. The van der Waals surface area contributed by atoms with E-state index < -0.39 is 17.6 Å². The van der Waals surface area contributed by atoms with Crippen molar-refractivity contribution < 1.29 is 22.7 Å². The maximum atomic E-state index is 12.8. The number of rotatable bonds is 8. The molecule has 0 spiro atoms. The first kappa shape index (κ1) is 22.4. The van der Waals surface area contributed by atoms with Gasteiger partial charge in [0.05, 0.1) is 18.4 Å². The number of methoxy groups -OCH3 is 1. The highest BCUT2D eigenvalue weighted by Gasteiger charge is 2.30. The fourth-order valence-corrected chi connectivity index (χ4v) is 3.49. The number of alkyl halides is 3. The topological polar surface area (TPSA) is 69.0 Å². The molecule has 0 bridgehead atoms. The van der Waals surface area contributed by atoms with Crippen molar-refractivity contribution >= 4 is 23.4 Å². The molecular formula is C21H19F3N4O2S. The van der Waals surface area contributed by atoms with Gasteiger partial charge in [-0.25, -0.2) is 0 Å². The van der Waals surface area contributed by atoms with Crippen LogP contribution in [0.5, 0.6) is 5.75 Å². The molecule has 0 saturated heterocycles.